The van der Waals surface area contributed by atoms with Gasteiger partial charge in [0.15, 0.2) is 5.82 Å². The van der Waals surface area contributed by atoms with E-state index in [2.05, 4.69) is 31.7 Å². The third-order valence-electron chi connectivity index (χ3n) is 3.93. The summed E-state index contributed by atoms with van der Waals surface area (Å²) in [7, 11) is 1.68. The van der Waals surface area contributed by atoms with Gasteiger partial charge in [0, 0.05) is 45.3 Å². The van der Waals surface area contributed by atoms with Crippen LogP contribution >= 0.6 is 0 Å². The molecular formula is C14H21N5O2. The monoisotopic (exact) mass is 291 g/mol. The lowest BCUT2D eigenvalue weighted by Crippen LogP contribution is -2.34. The van der Waals surface area contributed by atoms with Gasteiger partial charge in [-0.25, -0.2) is 0 Å². The van der Waals surface area contributed by atoms with E-state index in [0.29, 0.717) is 12.6 Å². The first kappa shape index (κ1) is 14.2. The molecule has 0 saturated heterocycles. The van der Waals surface area contributed by atoms with Crippen molar-refractivity contribution in [2.45, 2.75) is 46.0 Å². The maximum Gasteiger partial charge on any atom is 0.159 e. The van der Waals surface area contributed by atoms with Crippen molar-refractivity contribution in [3.05, 3.63) is 29.2 Å². The highest BCUT2D eigenvalue weighted by atomic mass is 16.5. The zero-order chi connectivity index (χ0) is 14.8. The fourth-order valence-electron chi connectivity index (χ4n) is 2.79. The third-order valence-corrected chi connectivity index (χ3v) is 3.93. The van der Waals surface area contributed by atoms with Crippen molar-refractivity contribution in [3.8, 4) is 0 Å². The second-order valence-corrected chi connectivity index (χ2v) is 5.57. The van der Waals surface area contributed by atoms with E-state index in [9.17, 15) is 0 Å². The molecule has 0 amide bonds. The number of hydrogen-bond donors (Lipinski definition) is 0. The van der Waals surface area contributed by atoms with E-state index in [1.807, 2.05) is 13.0 Å². The maximum atomic E-state index is 5.19. The van der Waals surface area contributed by atoms with Gasteiger partial charge in [-0.1, -0.05) is 5.16 Å². The van der Waals surface area contributed by atoms with Gasteiger partial charge in [-0.3, -0.25) is 4.90 Å². The Hall–Kier alpha value is -1.73. The highest BCUT2D eigenvalue weighted by Crippen LogP contribution is 2.17. The van der Waals surface area contributed by atoms with Crippen LogP contribution in [0.2, 0.25) is 0 Å². The summed E-state index contributed by atoms with van der Waals surface area (Å²) in [5.41, 5.74) is 0.981. The molecule has 3 rings (SSSR count). The number of aryl methyl sites for hydroxylation is 1. The Morgan fingerprint density at radius 1 is 1.38 bits per heavy atom. The highest BCUT2D eigenvalue weighted by molar-refractivity contribution is 5.05. The standard InChI is InChI=1S/C14H21N5O2/c1-10-6-13-15-16-14(9-20-3)19(13)5-4-18(10)8-12-7-11(2)21-17-12/h7,10H,4-6,8-9H2,1-3H3. The summed E-state index contributed by atoms with van der Waals surface area (Å²) in [4.78, 5) is 2.41. The summed E-state index contributed by atoms with van der Waals surface area (Å²) in [6.45, 7) is 7.26. The summed E-state index contributed by atoms with van der Waals surface area (Å²) in [6, 6.07) is 2.39. The summed E-state index contributed by atoms with van der Waals surface area (Å²) in [6.07, 6.45) is 0.882. The molecule has 3 heterocycles. The van der Waals surface area contributed by atoms with Crippen LogP contribution in [0.4, 0.5) is 0 Å². The highest BCUT2D eigenvalue weighted by Gasteiger charge is 2.24. The summed E-state index contributed by atoms with van der Waals surface area (Å²) in [5, 5.41) is 12.6. The Labute approximate surface area is 123 Å². The summed E-state index contributed by atoms with van der Waals surface area (Å²) >= 11 is 0. The number of methoxy groups -OCH3 is 1. The molecule has 7 heteroatoms. The first-order chi connectivity index (χ1) is 10.2. The molecule has 1 aliphatic rings. The average molecular weight is 291 g/mol. The molecule has 0 saturated carbocycles. The van der Waals surface area contributed by atoms with Gasteiger partial charge in [-0.15, -0.1) is 10.2 Å². The molecule has 21 heavy (non-hydrogen) atoms. The number of hydrogen-bond acceptors (Lipinski definition) is 6. The van der Waals surface area contributed by atoms with Gasteiger partial charge in [-0.2, -0.15) is 0 Å². The predicted octanol–water partition coefficient (Wildman–Crippen LogP) is 1.17. The Kier molecular flexibility index (Phi) is 4.03. The van der Waals surface area contributed by atoms with Crippen molar-refractivity contribution in [1.82, 2.24) is 24.8 Å². The van der Waals surface area contributed by atoms with E-state index >= 15 is 0 Å². The normalized spacial score (nSPS) is 19.5. The van der Waals surface area contributed by atoms with Crippen molar-refractivity contribution in [1.29, 1.82) is 0 Å². The smallest absolute Gasteiger partial charge is 0.159 e. The lowest BCUT2D eigenvalue weighted by Gasteiger charge is -2.25. The zero-order valence-corrected chi connectivity index (χ0v) is 12.7. The van der Waals surface area contributed by atoms with Crippen molar-refractivity contribution >= 4 is 0 Å². The van der Waals surface area contributed by atoms with E-state index in [4.69, 9.17) is 9.26 Å². The molecule has 1 aliphatic heterocycles. The van der Waals surface area contributed by atoms with Crippen molar-refractivity contribution in [3.63, 3.8) is 0 Å². The first-order valence-electron chi connectivity index (χ1n) is 7.23. The third kappa shape index (κ3) is 2.98. The van der Waals surface area contributed by atoms with E-state index in [1.54, 1.807) is 7.11 Å². The lowest BCUT2D eigenvalue weighted by atomic mass is 10.2. The Bertz CT molecular complexity index is 606. The van der Waals surface area contributed by atoms with Gasteiger partial charge < -0.3 is 13.8 Å². The van der Waals surface area contributed by atoms with Crippen LogP contribution in [0.15, 0.2) is 10.6 Å². The van der Waals surface area contributed by atoms with Crippen molar-refractivity contribution in [2.75, 3.05) is 13.7 Å². The number of nitrogens with zero attached hydrogens (tertiary/aromatic N) is 5. The molecule has 2 aromatic heterocycles. The molecule has 7 nitrogen and oxygen atoms in total. The second kappa shape index (κ2) is 5.95. The molecule has 1 atom stereocenters. The van der Waals surface area contributed by atoms with Crippen LogP contribution in [0.1, 0.15) is 30.0 Å². The van der Waals surface area contributed by atoms with Crippen LogP contribution in [0, 0.1) is 6.92 Å². The Morgan fingerprint density at radius 2 is 2.24 bits per heavy atom. The minimum absolute atomic E-state index is 0.392. The first-order valence-corrected chi connectivity index (χ1v) is 7.23. The number of fused-ring (bicyclic) bond motifs is 1. The van der Waals surface area contributed by atoms with Gasteiger partial charge in [0.05, 0.1) is 5.69 Å². The number of aromatic nitrogens is 4. The quantitative estimate of drug-likeness (QED) is 0.842. The fourth-order valence-corrected chi connectivity index (χ4v) is 2.79. The molecule has 2 aromatic rings. The molecular weight excluding hydrogens is 270 g/mol. The maximum absolute atomic E-state index is 5.19. The van der Waals surface area contributed by atoms with Crippen LogP contribution in [0.25, 0.3) is 0 Å². The average Bonchev–Trinajstić information content (AvgIpc) is 2.98. The second-order valence-electron chi connectivity index (χ2n) is 5.57. The number of rotatable bonds is 4. The van der Waals surface area contributed by atoms with Gasteiger partial charge in [0.25, 0.3) is 0 Å². The molecule has 0 spiro atoms. The van der Waals surface area contributed by atoms with Crippen molar-refractivity contribution in [2.24, 2.45) is 0 Å². The minimum atomic E-state index is 0.392. The predicted molar refractivity (Wildman–Crippen MR) is 75.6 cm³/mol. The van der Waals surface area contributed by atoms with Gasteiger partial charge in [-0.05, 0) is 13.8 Å². The zero-order valence-electron chi connectivity index (χ0n) is 12.7. The van der Waals surface area contributed by atoms with E-state index in [1.165, 1.54) is 0 Å². The molecule has 0 fully saturated rings. The van der Waals surface area contributed by atoms with E-state index < -0.39 is 0 Å². The minimum Gasteiger partial charge on any atom is -0.377 e. The summed E-state index contributed by atoms with van der Waals surface area (Å²) < 4.78 is 12.5. The molecule has 0 aliphatic carbocycles. The summed E-state index contributed by atoms with van der Waals surface area (Å²) in [5.74, 6) is 2.79. The molecule has 0 bridgehead atoms. The lowest BCUT2D eigenvalue weighted by molar-refractivity contribution is 0.170. The van der Waals surface area contributed by atoms with Crippen LogP contribution in [-0.2, 0) is 30.9 Å². The molecule has 114 valence electrons. The molecule has 1 unspecified atom stereocenters. The Balaban J connectivity index is 1.73. The van der Waals surface area contributed by atoms with E-state index in [0.717, 1.165) is 49.2 Å². The van der Waals surface area contributed by atoms with Crippen LogP contribution < -0.4 is 0 Å². The van der Waals surface area contributed by atoms with Crippen molar-refractivity contribution < 1.29 is 9.26 Å². The molecule has 0 N–H and O–H groups in total. The fraction of sp³-hybridized carbons (Fsp3) is 0.643. The number of ether oxygens (including phenoxy) is 1. The largest absolute Gasteiger partial charge is 0.377 e. The van der Waals surface area contributed by atoms with Gasteiger partial charge in [0.2, 0.25) is 0 Å². The van der Waals surface area contributed by atoms with Crippen LogP contribution in [0.5, 0.6) is 0 Å². The van der Waals surface area contributed by atoms with Gasteiger partial charge in [0.1, 0.15) is 18.2 Å². The molecule has 0 aromatic carbocycles. The van der Waals surface area contributed by atoms with E-state index in [-0.39, 0.29) is 0 Å². The van der Waals surface area contributed by atoms with Crippen LogP contribution in [-0.4, -0.2) is 44.5 Å². The Morgan fingerprint density at radius 3 is 2.95 bits per heavy atom. The SMILES string of the molecule is COCc1nnc2n1CCN(Cc1cc(C)on1)C(C)C2. The van der Waals surface area contributed by atoms with Gasteiger partial charge >= 0.3 is 0 Å². The topological polar surface area (TPSA) is 69.2 Å². The molecule has 0 radical (unpaired) electrons. The van der Waals surface area contributed by atoms with Crippen LogP contribution in [0.3, 0.4) is 0 Å².